The maximum Gasteiger partial charge on any atom is 0.416 e. The number of aromatic nitrogens is 1. The number of nitrogen functional groups attached to an aromatic ring is 1. The van der Waals surface area contributed by atoms with Crippen LogP contribution in [0.5, 0.6) is 5.75 Å². The first-order valence-electron chi connectivity index (χ1n) is 7.64. The average molecular weight is 362 g/mol. The normalized spacial score (nSPS) is 11.4. The van der Waals surface area contributed by atoms with E-state index in [1.54, 1.807) is 12.3 Å². The van der Waals surface area contributed by atoms with Crippen molar-refractivity contribution >= 4 is 5.82 Å². The van der Waals surface area contributed by atoms with Gasteiger partial charge in [0, 0.05) is 17.3 Å². The Labute approximate surface area is 147 Å². The molecule has 1 heterocycles. The van der Waals surface area contributed by atoms with Gasteiger partial charge in [-0.1, -0.05) is 36.4 Å². The summed E-state index contributed by atoms with van der Waals surface area (Å²) >= 11 is 0. The lowest BCUT2D eigenvalue weighted by atomic mass is 10.1. The van der Waals surface area contributed by atoms with Crippen LogP contribution in [0.2, 0.25) is 0 Å². The van der Waals surface area contributed by atoms with E-state index in [4.69, 9.17) is 10.5 Å². The predicted octanol–water partition coefficient (Wildman–Crippen LogP) is 5.07. The van der Waals surface area contributed by atoms with Crippen LogP contribution in [-0.4, -0.2) is 4.98 Å². The van der Waals surface area contributed by atoms with Gasteiger partial charge in [0.15, 0.2) is 11.6 Å². The summed E-state index contributed by atoms with van der Waals surface area (Å²) in [5, 5.41) is 0. The molecule has 0 aliphatic rings. The Morgan fingerprint density at radius 1 is 0.962 bits per heavy atom. The summed E-state index contributed by atoms with van der Waals surface area (Å²) < 4.78 is 57.8. The number of alkyl halides is 3. The molecule has 7 heteroatoms. The van der Waals surface area contributed by atoms with Crippen molar-refractivity contribution in [2.24, 2.45) is 0 Å². The monoisotopic (exact) mass is 362 g/mol. The Balaban J connectivity index is 1.87. The number of nitrogens with zero attached hydrogens (tertiary/aromatic N) is 1. The van der Waals surface area contributed by atoms with Gasteiger partial charge in [-0.25, -0.2) is 9.37 Å². The van der Waals surface area contributed by atoms with Crippen molar-refractivity contribution in [1.82, 2.24) is 4.98 Å². The Morgan fingerprint density at radius 2 is 1.69 bits per heavy atom. The SMILES string of the molecule is Nc1ncc(-c2ccccc2)cc1OCc1ccc(F)cc1C(F)(F)F. The van der Waals surface area contributed by atoms with E-state index < -0.39 is 24.2 Å². The molecule has 0 aliphatic carbocycles. The maximum atomic E-state index is 13.2. The highest BCUT2D eigenvalue weighted by Gasteiger charge is 2.34. The molecule has 0 amide bonds. The molecule has 0 unspecified atom stereocenters. The van der Waals surface area contributed by atoms with Gasteiger partial charge in [-0.15, -0.1) is 0 Å². The molecule has 0 spiro atoms. The smallest absolute Gasteiger partial charge is 0.416 e. The summed E-state index contributed by atoms with van der Waals surface area (Å²) in [6.07, 6.45) is -3.13. The molecule has 0 bridgehead atoms. The van der Waals surface area contributed by atoms with Crippen molar-refractivity contribution in [2.75, 3.05) is 5.73 Å². The molecule has 0 radical (unpaired) electrons. The van der Waals surface area contributed by atoms with Crippen LogP contribution in [0.4, 0.5) is 23.4 Å². The lowest BCUT2D eigenvalue weighted by Gasteiger charge is -2.15. The summed E-state index contributed by atoms with van der Waals surface area (Å²) in [7, 11) is 0. The van der Waals surface area contributed by atoms with Crippen LogP contribution < -0.4 is 10.5 Å². The van der Waals surface area contributed by atoms with Crippen molar-refractivity contribution in [3.63, 3.8) is 0 Å². The molecular formula is C19H14F4N2O. The molecule has 0 saturated carbocycles. The lowest BCUT2D eigenvalue weighted by Crippen LogP contribution is -2.12. The number of hydrogen-bond acceptors (Lipinski definition) is 3. The van der Waals surface area contributed by atoms with Gasteiger partial charge in [0.2, 0.25) is 0 Å². The van der Waals surface area contributed by atoms with Gasteiger partial charge in [0.25, 0.3) is 0 Å². The zero-order valence-corrected chi connectivity index (χ0v) is 13.4. The van der Waals surface area contributed by atoms with Crippen LogP contribution in [0.3, 0.4) is 0 Å². The van der Waals surface area contributed by atoms with E-state index in [0.717, 1.165) is 17.7 Å². The Hall–Kier alpha value is -3.09. The first-order chi connectivity index (χ1) is 12.3. The number of hydrogen-bond donors (Lipinski definition) is 1. The first kappa shape index (κ1) is 17.7. The summed E-state index contributed by atoms with van der Waals surface area (Å²) in [6.45, 7) is -0.417. The first-order valence-corrected chi connectivity index (χ1v) is 7.64. The average Bonchev–Trinajstić information content (AvgIpc) is 2.62. The molecule has 3 rings (SSSR count). The van der Waals surface area contributed by atoms with E-state index in [1.807, 2.05) is 30.3 Å². The molecular weight excluding hydrogens is 348 g/mol. The molecule has 1 aromatic heterocycles. The number of nitrogens with two attached hydrogens (primary N) is 1. The van der Waals surface area contributed by atoms with Gasteiger partial charge in [-0.3, -0.25) is 0 Å². The highest BCUT2D eigenvalue weighted by Crippen LogP contribution is 2.34. The second kappa shape index (κ2) is 7.03. The molecule has 134 valence electrons. The van der Waals surface area contributed by atoms with Crippen LogP contribution in [0.1, 0.15) is 11.1 Å². The van der Waals surface area contributed by atoms with E-state index in [1.165, 1.54) is 0 Å². The quantitative estimate of drug-likeness (QED) is 0.660. The second-order valence-corrected chi connectivity index (χ2v) is 5.56. The van der Waals surface area contributed by atoms with Gasteiger partial charge in [0.05, 0.1) is 5.56 Å². The summed E-state index contributed by atoms with van der Waals surface area (Å²) in [5.74, 6) is -0.752. The number of ether oxygens (including phenoxy) is 1. The Morgan fingerprint density at radius 3 is 2.38 bits per heavy atom. The van der Waals surface area contributed by atoms with Gasteiger partial charge in [0.1, 0.15) is 12.4 Å². The minimum absolute atomic E-state index is 0.0559. The van der Waals surface area contributed by atoms with E-state index in [2.05, 4.69) is 4.98 Å². The summed E-state index contributed by atoms with van der Waals surface area (Å²) in [6, 6.07) is 13.3. The van der Waals surface area contributed by atoms with Crippen LogP contribution in [0.25, 0.3) is 11.1 Å². The standard InChI is InChI=1S/C19H14F4N2O/c20-15-7-6-13(16(9-15)19(21,22)23)11-26-17-8-14(10-25-18(17)24)12-4-2-1-3-5-12/h1-10H,11H2,(H2,24,25). The fourth-order valence-electron chi connectivity index (χ4n) is 2.45. The van der Waals surface area contributed by atoms with Crippen LogP contribution >= 0.6 is 0 Å². The molecule has 2 N–H and O–H groups in total. The Kier molecular flexibility index (Phi) is 4.79. The van der Waals surface area contributed by atoms with Gasteiger partial charge >= 0.3 is 6.18 Å². The zero-order valence-electron chi connectivity index (χ0n) is 13.4. The van der Waals surface area contributed by atoms with Crippen LogP contribution in [0.15, 0.2) is 60.8 Å². The molecule has 0 aliphatic heterocycles. The number of pyridine rings is 1. The van der Waals surface area contributed by atoms with Gasteiger partial charge in [-0.05, 0) is 23.8 Å². The van der Waals surface area contributed by atoms with Crippen molar-refractivity contribution < 1.29 is 22.3 Å². The van der Waals surface area contributed by atoms with E-state index in [0.29, 0.717) is 11.6 Å². The van der Waals surface area contributed by atoms with Crippen molar-refractivity contribution in [3.05, 3.63) is 77.7 Å². The van der Waals surface area contributed by atoms with Crippen molar-refractivity contribution in [2.45, 2.75) is 12.8 Å². The topological polar surface area (TPSA) is 48.1 Å². The predicted molar refractivity (Wildman–Crippen MR) is 89.8 cm³/mol. The molecule has 0 atom stereocenters. The van der Waals surface area contributed by atoms with Crippen molar-refractivity contribution in [3.8, 4) is 16.9 Å². The number of anilines is 1. The Bertz CT molecular complexity index is 911. The van der Waals surface area contributed by atoms with Crippen molar-refractivity contribution in [1.29, 1.82) is 0 Å². The van der Waals surface area contributed by atoms with Gasteiger partial charge in [-0.2, -0.15) is 13.2 Å². The van der Waals surface area contributed by atoms with Crippen LogP contribution in [-0.2, 0) is 12.8 Å². The summed E-state index contributed by atoms with van der Waals surface area (Å²) in [4.78, 5) is 4.02. The molecule has 0 fully saturated rings. The largest absolute Gasteiger partial charge is 0.485 e. The fraction of sp³-hybridized carbons (Fsp3) is 0.105. The highest BCUT2D eigenvalue weighted by molar-refractivity contribution is 5.66. The van der Waals surface area contributed by atoms with Crippen LogP contribution in [0, 0.1) is 5.82 Å². The molecule has 3 nitrogen and oxygen atoms in total. The lowest BCUT2D eigenvalue weighted by molar-refractivity contribution is -0.138. The third-order valence-corrected chi connectivity index (χ3v) is 3.75. The third kappa shape index (κ3) is 3.93. The van der Waals surface area contributed by atoms with Gasteiger partial charge < -0.3 is 10.5 Å². The van der Waals surface area contributed by atoms with E-state index in [-0.39, 0.29) is 17.1 Å². The fourth-order valence-corrected chi connectivity index (χ4v) is 2.45. The second-order valence-electron chi connectivity index (χ2n) is 5.56. The summed E-state index contributed by atoms with van der Waals surface area (Å²) in [5.41, 5.74) is 6.07. The minimum Gasteiger partial charge on any atom is -0.485 e. The molecule has 2 aromatic carbocycles. The third-order valence-electron chi connectivity index (χ3n) is 3.75. The molecule has 26 heavy (non-hydrogen) atoms. The number of halogens is 4. The maximum absolute atomic E-state index is 13.2. The van der Waals surface area contributed by atoms with E-state index in [9.17, 15) is 17.6 Å². The highest BCUT2D eigenvalue weighted by atomic mass is 19.4. The minimum atomic E-state index is -4.68. The molecule has 3 aromatic rings. The molecule has 0 saturated heterocycles. The number of benzene rings is 2. The zero-order chi connectivity index (χ0) is 18.7. The number of rotatable bonds is 4. The van der Waals surface area contributed by atoms with E-state index >= 15 is 0 Å².